The van der Waals surface area contributed by atoms with Crippen LogP contribution in [0, 0.1) is 6.92 Å². The Morgan fingerprint density at radius 2 is 1.90 bits per heavy atom. The van der Waals surface area contributed by atoms with E-state index in [-0.39, 0.29) is 0 Å². The molecule has 0 fully saturated rings. The molecule has 20 heavy (non-hydrogen) atoms. The number of aromatic nitrogens is 2. The van der Waals surface area contributed by atoms with Gasteiger partial charge < -0.3 is 4.74 Å². The Labute approximate surface area is 124 Å². The number of benzene rings is 1. The zero-order valence-electron chi connectivity index (χ0n) is 11.5. The minimum Gasteiger partial charge on any atom is -0.486 e. The number of hydrogen-bond acceptors (Lipinski definition) is 3. The molecule has 0 N–H and O–H groups in total. The van der Waals surface area contributed by atoms with Gasteiger partial charge in [0.05, 0.1) is 0 Å². The van der Waals surface area contributed by atoms with E-state index >= 15 is 0 Å². The molecule has 1 aromatic carbocycles. The molecule has 1 aliphatic rings. The summed E-state index contributed by atoms with van der Waals surface area (Å²) in [6, 6.07) is 8.09. The highest BCUT2D eigenvalue weighted by molar-refractivity contribution is 6.29. The molecule has 0 saturated carbocycles. The maximum atomic E-state index is 5.92. The Kier molecular flexibility index (Phi) is 3.88. The highest BCUT2D eigenvalue weighted by atomic mass is 35.5. The third-order valence-electron chi connectivity index (χ3n) is 3.56. The molecule has 3 nitrogen and oxygen atoms in total. The highest BCUT2D eigenvalue weighted by Gasteiger charge is 2.10. The molecular formula is C16H17ClN2O. The molecule has 0 aliphatic heterocycles. The number of fused-ring (bicyclic) bond motifs is 1. The molecule has 2 aromatic rings. The fourth-order valence-corrected chi connectivity index (χ4v) is 2.86. The first kappa shape index (κ1) is 13.4. The predicted octanol–water partition coefficient (Wildman–Crippen LogP) is 3.90. The van der Waals surface area contributed by atoms with Gasteiger partial charge in [0.1, 0.15) is 17.5 Å². The predicted molar refractivity (Wildman–Crippen MR) is 79.2 cm³/mol. The van der Waals surface area contributed by atoms with Crippen molar-refractivity contribution < 1.29 is 4.74 Å². The average molecular weight is 289 g/mol. The van der Waals surface area contributed by atoms with Gasteiger partial charge in [-0.25, -0.2) is 9.97 Å². The van der Waals surface area contributed by atoms with E-state index in [2.05, 4.69) is 22.1 Å². The Morgan fingerprint density at radius 3 is 2.70 bits per heavy atom. The Bertz CT molecular complexity index is 608. The topological polar surface area (TPSA) is 35.0 Å². The van der Waals surface area contributed by atoms with E-state index in [0.717, 1.165) is 17.9 Å². The lowest BCUT2D eigenvalue weighted by atomic mass is 9.92. The van der Waals surface area contributed by atoms with Gasteiger partial charge in [-0.3, -0.25) is 0 Å². The van der Waals surface area contributed by atoms with Crippen LogP contribution in [0.5, 0.6) is 5.75 Å². The molecule has 4 heteroatoms. The van der Waals surface area contributed by atoms with Crippen LogP contribution in [0.2, 0.25) is 5.15 Å². The zero-order valence-corrected chi connectivity index (χ0v) is 12.3. The summed E-state index contributed by atoms with van der Waals surface area (Å²) in [6.45, 7) is 2.25. The van der Waals surface area contributed by atoms with E-state index in [9.17, 15) is 0 Å². The van der Waals surface area contributed by atoms with Gasteiger partial charge in [0.2, 0.25) is 0 Å². The minimum atomic E-state index is 0.347. The largest absolute Gasteiger partial charge is 0.486 e. The van der Waals surface area contributed by atoms with Crippen molar-refractivity contribution in [2.75, 3.05) is 0 Å². The molecule has 0 saturated heterocycles. The quantitative estimate of drug-likeness (QED) is 0.804. The Balaban J connectivity index is 1.71. The van der Waals surface area contributed by atoms with Gasteiger partial charge in [0, 0.05) is 5.69 Å². The molecule has 0 radical (unpaired) electrons. The smallest absolute Gasteiger partial charge is 0.167 e. The summed E-state index contributed by atoms with van der Waals surface area (Å²) in [5.41, 5.74) is 3.73. The van der Waals surface area contributed by atoms with Crippen molar-refractivity contribution in [3.05, 3.63) is 52.1 Å². The molecule has 0 atom stereocenters. The SMILES string of the molecule is Cc1cc(Cl)nc(COc2ccc3c(c2)CCCC3)n1. The number of ether oxygens (including phenoxy) is 1. The van der Waals surface area contributed by atoms with Crippen LogP contribution < -0.4 is 4.74 Å². The summed E-state index contributed by atoms with van der Waals surface area (Å²) < 4.78 is 5.78. The van der Waals surface area contributed by atoms with Crippen LogP contribution in [0.25, 0.3) is 0 Å². The first-order chi connectivity index (χ1) is 9.70. The highest BCUT2D eigenvalue weighted by Crippen LogP contribution is 2.25. The molecular weight excluding hydrogens is 272 g/mol. The maximum absolute atomic E-state index is 5.92. The Hall–Kier alpha value is -1.61. The average Bonchev–Trinajstić information content (AvgIpc) is 2.44. The molecule has 3 rings (SSSR count). The standard InChI is InChI=1S/C16H17ClN2O/c1-11-8-15(17)19-16(18-11)10-20-14-7-6-12-4-2-3-5-13(12)9-14/h6-9H,2-5,10H2,1H3. The monoisotopic (exact) mass is 288 g/mol. The van der Waals surface area contributed by atoms with Crippen molar-refractivity contribution >= 4 is 11.6 Å². The lowest BCUT2D eigenvalue weighted by Crippen LogP contribution is -2.05. The normalized spacial score (nSPS) is 13.9. The Morgan fingerprint density at radius 1 is 1.10 bits per heavy atom. The first-order valence-corrected chi connectivity index (χ1v) is 7.33. The van der Waals surface area contributed by atoms with Gasteiger partial charge in [-0.05, 0) is 61.9 Å². The zero-order chi connectivity index (χ0) is 13.9. The van der Waals surface area contributed by atoms with Crippen molar-refractivity contribution in [3.8, 4) is 5.75 Å². The van der Waals surface area contributed by atoms with Gasteiger partial charge in [-0.15, -0.1) is 0 Å². The maximum Gasteiger partial charge on any atom is 0.167 e. The van der Waals surface area contributed by atoms with E-state index in [0.29, 0.717) is 17.6 Å². The second-order valence-electron chi connectivity index (χ2n) is 5.17. The van der Waals surface area contributed by atoms with Crippen molar-refractivity contribution in [2.24, 2.45) is 0 Å². The summed E-state index contributed by atoms with van der Waals surface area (Å²) >= 11 is 5.92. The molecule has 104 valence electrons. The summed E-state index contributed by atoms with van der Waals surface area (Å²) in [4.78, 5) is 8.48. The summed E-state index contributed by atoms with van der Waals surface area (Å²) in [5, 5.41) is 0.460. The third-order valence-corrected chi connectivity index (χ3v) is 3.75. The number of rotatable bonds is 3. The van der Waals surface area contributed by atoms with Gasteiger partial charge >= 0.3 is 0 Å². The van der Waals surface area contributed by atoms with Gasteiger partial charge in [0.15, 0.2) is 5.82 Å². The fraction of sp³-hybridized carbons (Fsp3) is 0.375. The molecule has 1 heterocycles. The van der Waals surface area contributed by atoms with Crippen LogP contribution in [0.1, 0.15) is 35.5 Å². The third kappa shape index (κ3) is 3.10. The van der Waals surface area contributed by atoms with E-state index < -0.39 is 0 Å². The molecule has 1 aromatic heterocycles. The second kappa shape index (κ2) is 5.80. The summed E-state index contributed by atoms with van der Waals surface area (Å²) in [7, 11) is 0. The van der Waals surface area contributed by atoms with Crippen molar-refractivity contribution in [1.82, 2.24) is 9.97 Å². The van der Waals surface area contributed by atoms with Crippen LogP contribution in [0.3, 0.4) is 0 Å². The molecule has 0 bridgehead atoms. The van der Waals surface area contributed by atoms with Gasteiger partial charge in [-0.2, -0.15) is 0 Å². The van der Waals surface area contributed by atoms with E-state index in [4.69, 9.17) is 16.3 Å². The summed E-state index contributed by atoms with van der Waals surface area (Å²) in [5.74, 6) is 1.50. The fourth-order valence-electron chi connectivity index (χ4n) is 2.60. The second-order valence-corrected chi connectivity index (χ2v) is 5.56. The van der Waals surface area contributed by atoms with Crippen molar-refractivity contribution in [3.63, 3.8) is 0 Å². The minimum absolute atomic E-state index is 0.347. The van der Waals surface area contributed by atoms with Gasteiger partial charge in [-0.1, -0.05) is 17.7 Å². The number of nitrogens with zero attached hydrogens (tertiary/aromatic N) is 2. The van der Waals surface area contributed by atoms with E-state index in [1.807, 2.05) is 13.0 Å². The first-order valence-electron chi connectivity index (χ1n) is 6.95. The molecule has 0 unspecified atom stereocenters. The van der Waals surface area contributed by atoms with Crippen LogP contribution in [-0.2, 0) is 19.4 Å². The number of hydrogen-bond donors (Lipinski definition) is 0. The summed E-state index contributed by atoms with van der Waals surface area (Å²) in [6.07, 6.45) is 4.90. The number of halogens is 1. The van der Waals surface area contributed by atoms with E-state index in [1.54, 1.807) is 6.07 Å². The van der Waals surface area contributed by atoms with E-state index in [1.165, 1.54) is 30.4 Å². The van der Waals surface area contributed by atoms with Crippen LogP contribution in [0.4, 0.5) is 0 Å². The van der Waals surface area contributed by atoms with Gasteiger partial charge in [0.25, 0.3) is 0 Å². The lowest BCUT2D eigenvalue weighted by molar-refractivity contribution is 0.295. The lowest BCUT2D eigenvalue weighted by Gasteiger charge is -2.16. The number of aryl methyl sites for hydroxylation is 3. The van der Waals surface area contributed by atoms with Crippen LogP contribution >= 0.6 is 11.6 Å². The molecule has 1 aliphatic carbocycles. The van der Waals surface area contributed by atoms with Crippen LogP contribution in [-0.4, -0.2) is 9.97 Å². The van der Waals surface area contributed by atoms with Crippen molar-refractivity contribution in [2.45, 2.75) is 39.2 Å². The van der Waals surface area contributed by atoms with Crippen LogP contribution in [0.15, 0.2) is 24.3 Å². The molecule has 0 amide bonds. The molecule has 0 spiro atoms. The van der Waals surface area contributed by atoms with Crippen molar-refractivity contribution in [1.29, 1.82) is 0 Å².